The summed E-state index contributed by atoms with van der Waals surface area (Å²) < 4.78 is 18.8. The minimum Gasteiger partial charge on any atom is -0.496 e. The maximum atomic E-state index is 13.9. The first kappa shape index (κ1) is 23.7. The van der Waals surface area contributed by atoms with E-state index in [2.05, 4.69) is 5.10 Å². The second-order valence-corrected chi connectivity index (χ2v) is 9.17. The zero-order valence-corrected chi connectivity index (χ0v) is 21.2. The van der Waals surface area contributed by atoms with Crippen LogP contribution < -0.4 is 14.2 Å². The van der Waals surface area contributed by atoms with Crippen LogP contribution in [0.4, 0.5) is 0 Å². The maximum Gasteiger partial charge on any atom is 0.254 e. The zero-order valence-electron chi connectivity index (χ0n) is 21.2. The Morgan fingerprint density at radius 1 is 1.06 bits per heavy atom. The van der Waals surface area contributed by atoms with Crippen molar-refractivity contribution in [2.45, 2.75) is 32.9 Å². The highest BCUT2D eigenvalue weighted by Crippen LogP contribution is 2.36. The first-order valence-electron chi connectivity index (χ1n) is 12.1. The molecule has 2 aromatic carbocycles. The predicted molar refractivity (Wildman–Crippen MR) is 138 cm³/mol. The van der Waals surface area contributed by atoms with Gasteiger partial charge in [-0.1, -0.05) is 18.2 Å². The van der Waals surface area contributed by atoms with Crippen LogP contribution in [0.25, 0.3) is 22.3 Å². The number of fused-ring (bicyclic) bond motifs is 2. The van der Waals surface area contributed by atoms with Gasteiger partial charge in [-0.15, -0.1) is 0 Å². The molecule has 0 bridgehead atoms. The van der Waals surface area contributed by atoms with Crippen LogP contribution >= 0.6 is 0 Å². The summed E-state index contributed by atoms with van der Waals surface area (Å²) in [6, 6.07) is 15.2. The summed E-state index contributed by atoms with van der Waals surface area (Å²) in [5.41, 5.74) is 3.65. The van der Waals surface area contributed by atoms with Gasteiger partial charge < -0.3 is 19.1 Å². The summed E-state index contributed by atoms with van der Waals surface area (Å²) in [6.45, 7) is 7.11. The summed E-state index contributed by atoms with van der Waals surface area (Å²) in [5, 5.41) is 5.27. The van der Waals surface area contributed by atoms with E-state index in [9.17, 15) is 4.79 Å². The molecule has 4 aromatic rings. The molecule has 1 amide bonds. The van der Waals surface area contributed by atoms with Gasteiger partial charge in [-0.2, -0.15) is 5.10 Å². The Morgan fingerprint density at radius 2 is 1.81 bits per heavy atom. The van der Waals surface area contributed by atoms with E-state index in [0.29, 0.717) is 47.0 Å². The van der Waals surface area contributed by atoms with Crippen molar-refractivity contribution >= 4 is 16.9 Å². The van der Waals surface area contributed by atoms with Crippen LogP contribution in [0.1, 0.15) is 48.8 Å². The third-order valence-electron chi connectivity index (χ3n) is 6.61. The lowest BCUT2D eigenvalue weighted by Crippen LogP contribution is -2.30. The van der Waals surface area contributed by atoms with Gasteiger partial charge in [0, 0.05) is 24.2 Å². The number of pyridine rings is 1. The number of amides is 1. The number of rotatable bonds is 6. The van der Waals surface area contributed by atoms with E-state index in [1.807, 2.05) is 81.0 Å². The molecule has 1 aliphatic rings. The number of hydrogen-bond acceptors (Lipinski definition) is 6. The first-order chi connectivity index (χ1) is 17.4. The van der Waals surface area contributed by atoms with Crippen LogP contribution in [0.2, 0.25) is 0 Å². The number of carbonyl (C=O) groups is 1. The quantitative estimate of drug-likeness (QED) is 0.368. The molecule has 1 aliphatic heterocycles. The van der Waals surface area contributed by atoms with Gasteiger partial charge in [-0.05, 0) is 51.1 Å². The minimum absolute atomic E-state index is 0.0821. The van der Waals surface area contributed by atoms with E-state index in [1.54, 1.807) is 18.2 Å². The van der Waals surface area contributed by atoms with Gasteiger partial charge in [0.1, 0.15) is 19.0 Å². The van der Waals surface area contributed by atoms with Gasteiger partial charge in [0.05, 0.1) is 36.0 Å². The van der Waals surface area contributed by atoms with E-state index >= 15 is 0 Å². The van der Waals surface area contributed by atoms with E-state index in [0.717, 1.165) is 16.9 Å². The molecule has 8 nitrogen and oxygen atoms in total. The van der Waals surface area contributed by atoms with Crippen molar-refractivity contribution in [2.75, 3.05) is 27.4 Å². The molecule has 1 atom stereocenters. The fourth-order valence-corrected chi connectivity index (χ4v) is 4.51. The molecule has 0 saturated carbocycles. The van der Waals surface area contributed by atoms with Crippen molar-refractivity contribution in [1.29, 1.82) is 0 Å². The molecule has 0 N–H and O–H groups in total. The number of carbonyl (C=O) groups excluding carboxylic acids is 1. The molecular weight excluding hydrogens is 456 g/mol. The number of para-hydroxylation sites is 1. The van der Waals surface area contributed by atoms with Crippen molar-refractivity contribution in [3.05, 3.63) is 65.9 Å². The molecule has 8 heteroatoms. The zero-order chi connectivity index (χ0) is 25.4. The average Bonchev–Trinajstić information content (AvgIpc) is 3.35. The number of nitrogens with zero attached hydrogens (tertiary/aromatic N) is 4. The highest BCUT2D eigenvalue weighted by atomic mass is 16.6. The molecule has 0 radical (unpaired) electrons. The molecule has 186 valence electrons. The molecule has 0 saturated heterocycles. The summed E-state index contributed by atoms with van der Waals surface area (Å²) in [4.78, 5) is 20.6. The lowest BCUT2D eigenvalue weighted by molar-refractivity contribution is 0.0743. The van der Waals surface area contributed by atoms with E-state index < -0.39 is 0 Å². The van der Waals surface area contributed by atoms with Crippen LogP contribution in [-0.2, 0) is 0 Å². The Hall–Kier alpha value is -4.07. The van der Waals surface area contributed by atoms with Crippen molar-refractivity contribution in [2.24, 2.45) is 0 Å². The van der Waals surface area contributed by atoms with Crippen LogP contribution in [0, 0.1) is 0 Å². The molecule has 3 heterocycles. The summed E-state index contributed by atoms with van der Waals surface area (Å²) >= 11 is 0. The molecular formula is C28H30N4O4. The highest BCUT2D eigenvalue weighted by molar-refractivity contribution is 6.06. The predicted octanol–water partition coefficient (Wildman–Crippen LogP) is 5.29. The SMILES string of the molecule is COc1ccccc1C(C)N(C)C(=O)c1cc(-c2ccc3c(c2)OCCO3)nc2c1cnn2C(C)C. The first-order valence-corrected chi connectivity index (χ1v) is 12.1. The Kier molecular flexibility index (Phi) is 6.26. The van der Waals surface area contributed by atoms with Crippen LogP contribution in [-0.4, -0.2) is 52.9 Å². The molecule has 0 spiro atoms. The molecule has 2 aromatic heterocycles. The summed E-state index contributed by atoms with van der Waals surface area (Å²) in [7, 11) is 3.45. The molecule has 0 fully saturated rings. The summed E-state index contributed by atoms with van der Waals surface area (Å²) in [6.07, 6.45) is 1.73. The standard InChI is InChI=1S/C28H30N4O4/c1-17(2)32-27-22(16-29-32)21(28(33)31(4)18(3)20-8-6-7-9-24(20)34-5)15-23(30-27)19-10-11-25-26(14-19)36-13-12-35-25/h6-11,14-18H,12-13H2,1-5H3. The second kappa shape index (κ2) is 9.53. The number of methoxy groups -OCH3 is 1. The van der Waals surface area contributed by atoms with Gasteiger partial charge in [-0.25, -0.2) is 9.67 Å². The van der Waals surface area contributed by atoms with E-state index in [1.165, 1.54) is 0 Å². The van der Waals surface area contributed by atoms with Crippen molar-refractivity contribution < 1.29 is 19.0 Å². The van der Waals surface area contributed by atoms with Crippen molar-refractivity contribution in [1.82, 2.24) is 19.7 Å². The highest BCUT2D eigenvalue weighted by Gasteiger charge is 2.26. The maximum absolute atomic E-state index is 13.9. The third kappa shape index (κ3) is 4.12. The van der Waals surface area contributed by atoms with Crippen LogP contribution in [0.15, 0.2) is 54.7 Å². The Bertz CT molecular complexity index is 1430. The molecule has 1 unspecified atom stereocenters. The van der Waals surface area contributed by atoms with Crippen molar-refractivity contribution in [3.63, 3.8) is 0 Å². The molecule has 0 aliphatic carbocycles. The number of hydrogen-bond donors (Lipinski definition) is 0. The van der Waals surface area contributed by atoms with Crippen LogP contribution in [0.3, 0.4) is 0 Å². The van der Waals surface area contributed by atoms with E-state index in [4.69, 9.17) is 19.2 Å². The largest absolute Gasteiger partial charge is 0.496 e. The van der Waals surface area contributed by atoms with Gasteiger partial charge in [-0.3, -0.25) is 4.79 Å². The fraction of sp³-hybridized carbons (Fsp3) is 0.321. The molecule has 5 rings (SSSR count). The number of benzene rings is 2. The number of ether oxygens (including phenoxy) is 3. The Balaban J connectivity index is 1.61. The van der Waals surface area contributed by atoms with E-state index in [-0.39, 0.29) is 18.0 Å². The fourth-order valence-electron chi connectivity index (χ4n) is 4.51. The lowest BCUT2D eigenvalue weighted by atomic mass is 10.0. The Morgan fingerprint density at radius 3 is 2.56 bits per heavy atom. The van der Waals surface area contributed by atoms with Gasteiger partial charge in [0.15, 0.2) is 17.1 Å². The second-order valence-electron chi connectivity index (χ2n) is 9.17. The Labute approximate surface area is 210 Å². The topological polar surface area (TPSA) is 78.7 Å². The minimum atomic E-state index is -0.213. The normalized spacial score (nSPS) is 13.6. The average molecular weight is 487 g/mol. The third-order valence-corrected chi connectivity index (χ3v) is 6.61. The molecule has 36 heavy (non-hydrogen) atoms. The number of aromatic nitrogens is 3. The van der Waals surface area contributed by atoms with Gasteiger partial charge >= 0.3 is 0 Å². The lowest BCUT2D eigenvalue weighted by Gasteiger charge is -2.27. The van der Waals surface area contributed by atoms with Gasteiger partial charge in [0.25, 0.3) is 5.91 Å². The van der Waals surface area contributed by atoms with Gasteiger partial charge in [0.2, 0.25) is 0 Å². The smallest absolute Gasteiger partial charge is 0.254 e. The summed E-state index contributed by atoms with van der Waals surface area (Å²) in [5.74, 6) is 2.00. The van der Waals surface area contributed by atoms with Crippen LogP contribution in [0.5, 0.6) is 17.2 Å². The van der Waals surface area contributed by atoms with Crippen molar-refractivity contribution in [3.8, 4) is 28.5 Å². The monoisotopic (exact) mass is 486 g/mol.